The van der Waals surface area contributed by atoms with Gasteiger partial charge in [0.15, 0.2) is 0 Å². The predicted molar refractivity (Wildman–Crippen MR) is 135 cm³/mol. The minimum absolute atomic E-state index is 0. The average Bonchev–Trinajstić information content (AvgIpc) is 2.78. The van der Waals surface area contributed by atoms with E-state index in [-0.39, 0.29) is 71.9 Å². The van der Waals surface area contributed by atoms with Crippen molar-refractivity contribution in [1.29, 1.82) is 0 Å². The van der Waals surface area contributed by atoms with Crippen molar-refractivity contribution in [1.82, 2.24) is 4.98 Å². The molecule has 1 atom stereocenters. The van der Waals surface area contributed by atoms with Gasteiger partial charge in [0.1, 0.15) is 11.4 Å². The third-order valence-electron chi connectivity index (χ3n) is 5.56. The summed E-state index contributed by atoms with van der Waals surface area (Å²) >= 11 is 0. The van der Waals surface area contributed by atoms with Crippen molar-refractivity contribution in [2.75, 3.05) is 7.11 Å². The van der Waals surface area contributed by atoms with E-state index in [9.17, 15) is 13.2 Å². The van der Waals surface area contributed by atoms with E-state index in [1.54, 1.807) is 13.0 Å². The molecule has 1 fully saturated rings. The summed E-state index contributed by atoms with van der Waals surface area (Å²) in [5.74, 6) is 1.13. The van der Waals surface area contributed by atoms with Crippen molar-refractivity contribution in [3.63, 3.8) is 0 Å². The summed E-state index contributed by atoms with van der Waals surface area (Å²) in [4.78, 5) is 17.0. The first-order valence-electron chi connectivity index (χ1n) is 11.5. The molecule has 8 nitrogen and oxygen atoms in total. The van der Waals surface area contributed by atoms with Crippen LogP contribution in [0.5, 0.6) is 5.75 Å². The molecule has 0 aliphatic heterocycles. The molecule has 3 rings (SSSR count). The molecule has 1 saturated carbocycles. The van der Waals surface area contributed by atoms with E-state index in [0.717, 1.165) is 6.07 Å². The van der Waals surface area contributed by atoms with Gasteiger partial charge in [-0.05, 0) is 25.1 Å². The molecule has 1 aromatic heterocycles. The Labute approximate surface area is 238 Å². The largest absolute Gasteiger partial charge is 2.00 e. The molecule has 0 saturated heterocycles. The number of hydrogen-bond acceptors (Lipinski definition) is 6. The molecule has 196 valence electrons. The predicted octanol–water partition coefficient (Wildman–Crippen LogP) is 3.49. The summed E-state index contributed by atoms with van der Waals surface area (Å²) < 4.78 is 44.7. The molecular formula is C25H30F3N7OU. The molecule has 0 bridgehead atoms. The zero-order valence-corrected chi connectivity index (χ0v) is 25.3. The summed E-state index contributed by atoms with van der Waals surface area (Å²) in [5, 5.41) is 0.379. The van der Waals surface area contributed by atoms with Gasteiger partial charge in [0.2, 0.25) is 0 Å². The van der Waals surface area contributed by atoms with Gasteiger partial charge in [-0.2, -0.15) is 13.2 Å². The van der Waals surface area contributed by atoms with Gasteiger partial charge in [0, 0.05) is 12.0 Å². The van der Waals surface area contributed by atoms with Crippen LogP contribution >= 0.6 is 0 Å². The number of amidine groups is 2. The number of benzene rings is 1. The van der Waals surface area contributed by atoms with E-state index in [2.05, 4.69) is 32.3 Å². The van der Waals surface area contributed by atoms with Gasteiger partial charge in [-0.3, -0.25) is 11.1 Å². The molecule has 1 aliphatic rings. The van der Waals surface area contributed by atoms with Crippen molar-refractivity contribution in [3.8, 4) is 5.75 Å². The maximum absolute atomic E-state index is 13.2. The maximum Gasteiger partial charge on any atom is 2.00 e. The number of methoxy groups -OCH3 is 1. The van der Waals surface area contributed by atoms with Crippen LogP contribution in [-0.4, -0.2) is 48.1 Å². The number of alkyl halides is 3. The first-order valence-corrected chi connectivity index (χ1v) is 11.5. The van der Waals surface area contributed by atoms with Crippen LogP contribution in [0.25, 0.3) is 10.9 Å². The minimum atomic E-state index is -4.59. The number of aromatic nitrogens is 1. The molecule has 1 heterocycles. The molecule has 0 radical (unpaired) electrons. The van der Waals surface area contributed by atoms with Crippen LogP contribution in [0.4, 0.5) is 13.2 Å². The summed E-state index contributed by atoms with van der Waals surface area (Å²) in [6.07, 6.45) is 2.60. The Kier molecular flexibility index (Phi) is 10.7. The molecule has 0 unspecified atom stereocenters. The Hall–Kier alpha value is -2.42. The molecule has 1 aliphatic carbocycles. The number of rotatable bonds is 8. The van der Waals surface area contributed by atoms with Crippen LogP contribution in [0.3, 0.4) is 0 Å². The molecule has 37 heavy (non-hydrogen) atoms. The number of nitrogens with two attached hydrogens (primary N) is 3. The van der Waals surface area contributed by atoms with Crippen LogP contribution in [0, 0.1) is 43.1 Å². The van der Waals surface area contributed by atoms with Crippen molar-refractivity contribution in [2.24, 2.45) is 38.1 Å². The van der Waals surface area contributed by atoms with Gasteiger partial charge in [0.05, 0.1) is 24.5 Å². The smallest absolute Gasteiger partial charge is 0.496 e. The number of halogens is 3. The maximum atomic E-state index is 13.2. The SMILES string of the molecule is COc1ccc([C-]=NC(=[C-][C@H](C)N)C(N)=NC2CC(N=C(N)C(C)C)C2)c2ccc(C(F)(F)F)nc12.[U+2]. The van der Waals surface area contributed by atoms with Gasteiger partial charge < -0.3 is 31.9 Å². The van der Waals surface area contributed by atoms with Gasteiger partial charge in [-0.25, -0.2) is 4.98 Å². The number of aliphatic imine (C=N–C) groups is 3. The fourth-order valence-electron chi connectivity index (χ4n) is 3.50. The number of nitrogens with zero attached hydrogens (tertiary/aromatic N) is 4. The first-order chi connectivity index (χ1) is 16.9. The Morgan fingerprint density at radius 2 is 1.73 bits per heavy atom. The third kappa shape index (κ3) is 8.03. The number of pyridine rings is 1. The molecule has 0 amide bonds. The number of fused-ring (bicyclic) bond motifs is 1. The summed E-state index contributed by atoms with van der Waals surface area (Å²) in [6.45, 7) is 5.67. The Morgan fingerprint density at radius 3 is 2.30 bits per heavy atom. The van der Waals surface area contributed by atoms with Crippen molar-refractivity contribution in [3.05, 3.63) is 47.3 Å². The Balaban J connectivity index is 0.00000481. The van der Waals surface area contributed by atoms with Gasteiger partial charge in [0.25, 0.3) is 0 Å². The standard InChI is InChI=1S/C25H30F3N7O.U/c1-13(2)23(30)33-16-10-17(11-16)34-24(31)19(9-14(3)29)32-12-15-5-7-20(36-4)22-18(15)6-8-21(35-22)25(26,27)28;/h5-8,13-14,16-17H,10-11,29H2,1-4H3,(H2,30,33)(H2,31,34);/q-2;+2/t14-,16?,17?;/m0./s1. The topological polar surface area (TPSA) is 137 Å². The average molecular weight is 740 g/mol. The second-order valence-corrected chi connectivity index (χ2v) is 8.91. The van der Waals surface area contributed by atoms with Crippen molar-refractivity contribution >= 4 is 28.8 Å². The first kappa shape index (κ1) is 30.8. The second kappa shape index (κ2) is 12.9. The van der Waals surface area contributed by atoms with E-state index < -0.39 is 17.9 Å². The fraction of sp³-hybridized carbons (Fsp3) is 0.440. The Bertz CT molecular complexity index is 1220. The Morgan fingerprint density at radius 1 is 1.08 bits per heavy atom. The zero-order chi connectivity index (χ0) is 26.6. The van der Waals surface area contributed by atoms with Crippen molar-refractivity contribution < 1.29 is 49.0 Å². The molecule has 12 heteroatoms. The van der Waals surface area contributed by atoms with Crippen LogP contribution in [0.1, 0.15) is 44.9 Å². The van der Waals surface area contributed by atoms with E-state index >= 15 is 0 Å². The van der Waals surface area contributed by atoms with E-state index in [1.165, 1.54) is 19.2 Å². The zero-order valence-electron chi connectivity index (χ0n) is 21.1. The van der Waals surface area contributed by atoms with Crippen LogP contribution < -0.4 is 21.9 Å². The quantitative estimate of drug-likeness (QED) is 0.217. The van der Waals surface area contributed by atoms with E-state index in [0.29, 0.717) is 29.6 Å². The summed E-state index contributed by atoms with van der Waals surface area (Å²) in [7, 11) is 1.36. The van der Waals surface area contributed by atoms with Gasteiger partial charge in [-0.15, -0.1) is 17.3 Å². The molecule has 1 aromatic carbocycles. The monoisotopic (exact) mass is 739 g/mol. The minimum Gasteiger partial charge on any atom is -0.496 e. The van der Waals surface area contributed by atoms with E-state index in [1.807, 2.05) is 13.8 Å². The van der Waals surface area contributed by atoms with Crippen LogP contribution in [0.2, 0.25) is 0 Å². The van der Waals surface area contributed by atoms with Crippen molar-refractivity contribution in [2.45, 2.75) is 57.9 Å². The van der Waals surface area contributed by atoms with E-state index in [4.69, 9.17) is 21.9 Å². The molecule has 6 N–H and O–H groups in total. The summed E-state index contributed by atoms with van der Waals surface area (Å²) in [6, 6.07) is 4.90. The number of hydrogen-bond donors (Lipinski definition) is 3. The normalized spacial score (nSPS) is 20.2. The fourth-order valence-corrected chi connectivity index (χ4v) is 3.50. The third-order valence-corrected chi connectivity index (χ3v) is 5.56. The van der Waals surface area contributed by atoms with Crippen LogP contribution in [0.15, 0.2) is 44.9 Å². The number of ether oxygens (including phenoxy) is 1. The van der Waals surface area contributed by atoms with Gasteiger partial charge in [-0.1, -0.05) is 50.2 Å². The molecular weight excluding hydrogens is 709 g/mol. The van der Waals surface area contributed by atoms with Crippen LogP contribution in [-0.2, 0) is 6.18 Å². The second-order valence-electron chi connectivity index (χ2n) is 8.91. The molecule has 2 aromatic rings. The van der Waals surface area contributed by atoms with Gasteiger partial charge >= 0.3 is 37.3 Å². The molecule has 0 spiro atoms. The summed E-state index contributed by atoms with van der Waals surface area (Å²) in [5.41, 5.74) is 17.6.